The summed E-state index contributed by atoms with van der Waals surface area (Å²) in [6.07, 6.45) is 2.79. The highest BCUT2D eigenvalue weighted by Gasteiger charge is 2.06. The minimum atomic E-state index is -0.359. The Hall–Kier alpha value is -1.71. The molecule has 2 N–H and O–H groups in total. The standard InChI is InChI=1S/C14H21NO3/c1-3-5-8-17-14(16)10-18-13-7-6-11(4-2)9-12(13)15/h6-7,9H,3-5,8,10,15H2,1-2H3. The summed E-state index contributed by atoms with van der Waals surface area (Å²) in [7, 11) is 0. The summed E-state index contributed by atoms with van der Waals surface area (Å²) >= 11 is 0. The lowest BCUT2D eigenvalue weighted by Crippen LogP contribution is -2.16. The van der Waals surface area contributed by atoms with Crippen LogP contribution in [-0.2, 0) is 16.0 Å². The first kappa shape index (κ1) is 14.4. The van der Waals surface area contributed by atoms with Crippen LogP contribution in [0.5, 0.6) is 5.75 Å². The van der Waals surface area contributed by atoms with Crippen molar-refractivity contribution in [2.75, 3.05) is 18.9 Å². The van der Waals surface area contributed by atoms with Gasteiger partial charge in [-0.1, -0.05) is 26.3 Å². The van der Waals surface area contributed by atoms with Crippen LogP contribution in [-0.4, -0.2) is 19.2 Å². The highest BCUT2D eigenvalue weighted by molar-refractivity contribution is 5.71. The van der Waals surface area contributed by atoms with Gasteiger partial charge in [0.2, 0.25) is 0 Å². The van der Waals surface area contributed by atoms with Crippen LogP contribution in [0.3, 0.4) is 0 Å². The number of hydrogen-bond donors (Lipinski definition) is 1. The SMILES string of the molecule is CCCCOC(=O)COc1ccc(CC)cc1N. The molecule has 0 fully saturated rings. The molecule has 4 nitrogen and oxygen atoms in total. The van der Waals surface area contributed by atoms with Gasteiger partial charge < -0.3 is 15.2 Å². The van der Waals surface area contributed by atoms with E-state index in [1.807, 2.05) is 19.1 Å². The van der Waals surface area contributed by atoms with Crippen molar-refractivity contribution in [2.45, 2.75) is 33.1 Å². The van der Waals surface area contributed by atoms with Gasteiger partial charge in [0.1, 0.15) is 5.75 Å². The molecule has 0 aliphatic carbocycles. The lowest BCUT2D eigenvalue weighted by Gasteiger charge is -2.09. The van der Waals surface area contributed by atoms with E-state index < -0.39 is 0 Å². The third-order valence-electron chi connectivity index (χ3n) is 2.59. The Morgan fingerprint density at radius 3 is 2.72 bits per heavy atom. The molecule has 0 unspecified atom stereocenters. The van der Waals surface area contributed by atoms with Gasteiger partial charge in [-0.2, -0.15) is 0 Å². The van der Waals surface area contributed by atoms with Crippen molar-refractivity contribution < 1.29 is 14.3 Å². The van der Waals surface area contributed by atoms with E-state index in [4.69, 9.17) is 15.2 Å². The summed E-state index contributed by atoms with van der Waals surface area (Å²) in [6, 6.07) is 5.58. The zero-order valence-electron chi connectivity index (χ0n) is 11.1. The molecule has 1 aromatic carbocycles. The van der Waals surface area contributed by atoms with Crippen LogP contribution < -0.4 is 10.5 Å². The van der Waals surface area contributed by atoms with Crippen LogP contribution in [0.4, 0.5) is 5.69 Å². The molecule has 0 radical (unpaired) electrons. The first-order valence-corrected chi connectivity index (χ1v) is 6.34. The number of unbranched alkanes of at least 4 members (excludes halogenated alkanes) is 1. The third kappa shape index (κ3) is 4.65. The van der Waals surface area contributed by atoms with Gasteiger partial charge in [0.25, 0.3) is 0 Å². The number of hydrogen-bond acceptors (Lipinski definition) is 4. The van der Waals surface area contributed by atoms with Crippen LogP contribution >= 0.6 is 0 Å². The quantitative estimate of drug-likeness (QED) is 0.459. The van der Waals surface area contributed by atoms with E-state index in [2.05, 4.69) is 6.92 Å². The Morgan fingerprint density at radius 2 is 2.11 bits per heavy atom. The molecule has 0 spiro atoms. The number of aryl methyl sites for hydroxylation is 1. The summed E-state index contributed by atoms with van der Waals surface area (Å²) in [5.41, 5.74) is 7.52. The summed E-state index contributed by atoms with van der Waals surface area (Å²) in [5, 5.41) is 0. The van der Waals surface area contributed by atoms with E-state index >= 15 is 0 Å². The van der Waals surface area contributed by atoms with Crippen LogP contribution in [0.2, 0.25) is 0 Å². The molecule has 4 heteroatoms. The van der Waals surface area contributed by atoms with Crippen LogP contribution in [0, 0.1) is 0 Å². The second-order valence-corrected chi connectivity index (χ2v) is 4.09. The molecule has 0 aliphatic heterocycles. The van der Waals surface area contributed by atoms with Gasteiger partial charge in [0.15, 0.2) is 6.61 Å². The molecular weight excluding hydrogens is 230 g/mol. The van der Waals surface area contributed by atoms with Gasteiger partial charge in [0.05, 0.1) is 12.3 Å². The molecular formula is C14H21NO3. The monoisotopic (exact) mass is 251 g/mol. The molecule has 1 rings (SSSR count). The highest BCUT2D eigenvalue weighted by Crippen LogP contribution is 2.22. The Bertz CT molecular complexity index is 391. The number of rotatable bonds is 7. The van der Waals surface area contributed by atoms with Gasteiger partial charge in [-0.3, -0.25) is 0 Å². The Labute approximate surface area is 108 Å². The molecule has 18 heavy (non-hydrogen) atoms. The number of carbonyl (C=O) groups excluding carboxylic acids is 1. The first-order chi connectivity index (χ1) is 8.67. The summed E-state index contributed by atoms with van der Waals surface area (Å²) in [5.74, 6) is 0.169. The Balaban J connectivity index is 2.41. The third-order valence-corrected chi connectivity index (χ3v) is 2.59. The van der Waals surface area contributed by atoms with Crippen molar-refractivity contribution >= 4 is 11.7 Å². The number of carbonyl (C=O) groups is 1. The van der Waals surface area contributed by atoms with E-state index in [1.54, 1.807) is 6.07 Å². The Morgan fingerprint density at radius 1 is 1.33 bits per heavy atom. The van der Waals surface area contributed by atoms with Gasteiger partial charge >= 0.3 is 5.97 Å². The van der Waals surface area contributed by atoms with Gasteiger partial charge in [0, 0.05) is 0 Å². The van der Waals surface area contributed by atoms with E-state index in [0.29, 0.717) is 18.0 Å². The first-order valence-electron chi connectivity index (χ1n) is 6.34. The minimum absolute atomic E-state index is 0.0978. The van der Waals surface area contributed by atoms with Crippen molar-refractivity contribution in [1.29, 1.82) is 0 Å². The topological polar surface area (TPSA) is 61.5 Å². The molecule has 100 valence electrons. The highest BCUT2D eigenvalue weighted by atomic mass is 16.6. The van der Waals surface area contributed by atoms with E-state index in [1.165, 1.54) is 0 Å². The summed E-state index contributed by atoms with van der Waals surface area (Å²) < 4.78 is 10.3. The van der Waals surface area contributed by atoms with Gasteiger partial charge in [-0.25, -0.2) is 4.79 Å². The van der Waals surface area contributed by atoms with E-state index in [0.717, 1.165) is 24.8 Å². The van der Waals surface area contributed by atoms with Crippen LogP contribution in [0.15, 0.2) is 18.2 Å². The zero-order chi connectivity index (χ0) is 13.4. The number of anilines is 1. The van der Waals surface area contributed by atoms with Gasteiger partial charge in [-0.15, -0.1) is 0 Å². The predicted octanol–water partition coefficient (Wildman–Crippen LogP) is 2.55. The lowest BCUT2D eigenvalue weighted by molar-refractivity contribution is -0.146. The fourth-order valence-electron chi connectivity index (χ4n) is 1.46. The molecule has 0 bridgehead atoms. The number of benzene rings is 1. The normalized spacial score (nSPS) is 10.1. The minimum Gasteiger partial charge on any atom is -0.480 e. The predicted molar refractivity (Wildman–Crippen MR) is 71.6 cm³/mol. The van der Waals surface area contributed by atoms with Crippen LogP contribution in [0.1, 0.15) is 32.3 Å². The van der Waals surface area contributed by atoms with Crippen molar-refractivity contribution in [1.82, 2.24) is 0 Å². The van der Waals surface area contributed by atoms with Gasteiger partial charge in [-0.05, 0) is 30.5 Å². The average molecular weight is 251 g/mol. The summed E-state index contributed by atoms with van der Waals surface area (Å²) in [4.78, 5) is 11.3. The summed E-state index contributed by atoms with van der Waals surface area (Å²) in [6.45, 7) is 4.45. The van der Waals surface area contributed by atoms with Crippen molar-refractivity contribution in [2.24, 2.45) is 0 Å². The number of ether oxygens (including phenoxy) is 2. The molecule has 0 heterocycles. The van der Waals surface area contributed by atoms with Crippen molar-refractivity contribution in [3.63, 3.8) is 0 Å². The van der Waals surface area contributed by atoms with Crippen LogP contribution in [0.25, 0.3) is 0 Å². The maximum Gasteiger partial charge on any atom is 0.344 e. The molecule has 0 amide bonds. The fourth-order valence-corrected chi connectivity index (χ4v) is 1.46. The molecule has 0 saturated carbocycles. The number of nitrogens with two attached hydrogens (primary N) is 1. The molecule has 0 atom stereocenters. The smallest absolute Gasteiger partial charge is 0.344 e. The molecule has 0 saturated heterocycles. The van der Waals surface area contributed by atoms with Crippen molar-refractivity contribution in [3.05, 3.63) is 23.8 Å². The van der Waals surface area contributed by atoms with E-state index in [-0.39, 0.29) is 12.6 Å². The maximum absolute atomic E-state index is 11.3. The second-order valence-electron chi connectivity index (χ2n) is 4.09. The molecule has 0 aliphatic rings. The molecule has 0 aromatic heterocycles. The maximum atomic E-state index is 11.3. The Kier molecular flexibility index (Phi) is 6.05. The lowest BCUT2D eigenvalue weighted by atomic mass is 10.1. The fraction of sp³-hybridized carbons (Fsp3) is 0.500. The number of nitrogen functional groups attached to an aromatic ring is 1. The van der Waals surface area contributed by atoms with E-state index in [9.17, 15) is 4.79 Å². The second kappa shape index (κ2) is 7.58. The average Bonchev–Trinajstić information content (AvgIpc) is 2.37. The largest absolute Gasteiger partial charge is 0.480 e. The molecule has 1 aromatic rings. The number of esters is 1. The van der Waals surface area contributed by atoms with Crippen molar-refractivity contribution in [3.8, 4) is 5.75 Å². The zero-order valence-corrected chi connectivity index (χ0v) is 11.1.